The Balaban J connectivity index is 1.45. The van der Waals surface area contributed by atoms with Crippen molar-refractivity contribution in [2.45, 2.75) is 25.6 Å². The molecule has 0 atom stereocenters. The summed E-state index contributed by atoms with van der Waals surface area (Å²) in [6.45, 7) is 1.62. The van der Waals surface area contributed by atoms with Crippen LogP contribution in [-0.2, 0) is 6.42 Å². The van der Waals surface area contributed by atoms with E-state index in [0.29, 0.717) is 17.9 Å². The summed E-state index contributed by atoms with van der Waals surface area (Å²) in [4.78, 5) is 6.59. The van der Waals surface area contributed by atoms with Crippen LogP contribution in [0.4, 0.5) is 18.9 Å². The first kappa shape index (κ1) is 19.4. The fraction of sp³-hybridized carbons (Fsp3) is 0.318. The summed E-state index contributed by atoms with van der Waals surface area (Å²) in [5, 5.41) is 10.6. The number of nitrogens with zero attached hydrogens (tertiary/aromatic N) is 2. The van der Waals surface area contributed by atoms with E-state index in [9.17, 15) is 18.3 Å². The summed E-state index contributed by atoms with van der Waals surface area (Å²) in [7, 11) is 0. The van der Waals surface area contributed by atoms with Crippen molar-refractivity contribution in [2.75, 3.05) is 18.0 Å². The second kappa shape index (κ2) is 7.81. The number of phenolic OH excluding ortho intramolecular Hbond substituents is 1. The Hall–Kier alpha value is -2.96. The van der Waals surface area contributed by atoms with Gasteiger partial charge in [-0.2, -0.15) is 0 Å². The van der Waals surface area contributed by atoms with E-state index in [4.69, 9.17) is 0 Å². The number of aromatic hydroxyl groups is 1. The second-order valence-electron chi connectivity index (χ2n) is 7.32. The van der Waals surface area contributed by atoms with Gasteiger partial charge < -0.3 is 14.7 Å². The van der Waals surface area contributed by atoms with Crippen molar-refractivity contribution >= 4 is 16.6 Å². The summed E-state index contributed by atoms with van der Waals surface area (Å²) in [6, 6.07) is 13.5. The van der Waals surface area contributed by atoms with Crippen LogP contribution in [0.25, 0.3) is 10.9 Å². The average Bonchev–Trinajstić information content (AvgIpc) is 2.68. The molecule has 0 radical (unpaired) electrons. The molecular formula is C22H21F3N2O2. The third-order valence-corrected chi connectivity index (χ3v) is 5.37. The monoisotopic (exact) mass is 402 g/mol. The van der Waals surface area contributed by atoms with E-state index in [0.717, 1.165) is 42.5 Å². The molecule has 1 saturated heterocycles. The molecule has 0 saturated carbocycles. The molecule has 0 bridgehead atoms. The Labute approximate surface area is 166 Å². The van der Waals surface area contributed by atoms with Crippen LogP contribution in [0.2, 0.25) is 0 Å². The summed E-state index contributed by atoms with van der Waals surface area (Å²) < 4.78 is 42.1. The van der Waals surface area contributed by atoms with Gasteiger partial charge >= 0.3 is 6.36 Å². The minimum Gasteiger partial charge on any atom is -0.508 e. The van der Waals surface area contributed by atoms with Crippen LogP contribution in [0.1, 0.15) is 18.4 Å². The number of alkyl halides is 3. The van der Waals surface area contributed by atoms with Crippen molar-refractivity contribution in [1.82, 2.24) is 4.98 Å². The number of hydrogen-bond acceptors (Lipinski definition) is 4. The van der Waals surface area contributed by atoms with Gasteiger partial charge in [-0.1, -0.05) is 18.2 Å². The largest absolute Gasteiger partial charge is 0.573 e. The molecule has 1 aliphatic rings. The molecule has 1 aliphatic heterocycles. The van der Waals surface area contributed by atoms with Gasteiger partial charge in [0.15, 0.2) is 0 Å². The lowest BCUT2D eigenvalue weighted by atomic mass is 9.89. The number of anilines is 1. The number of benzene rings is 2. The van der Waals surface area contributed by atoms with Crippen molar-refractivity contribution in [3.63, 3.8) is 0 Å². The zero-order valence-electron chi connectivity index (χ0n) is 15.7. The topological polar surface area (TPSA) is 45.6 Å². The molecule has 7 heteroatoms. The first-order valence-corrected chi connectivity index (χ1v) is 9.55. The maximum absolute atomic E-state index is 12.6. The molecule has 1 N–H and O–H groups in total. The molecule has 0 aliphatic carbocycles. The highest BCUT2D eigenvalue weighted by Crippen LogP contribution is 2.34. The first-order chi connectivity index (χ1) is 13.9. The van der Waals surface area contributed by atoms with E-state index in [2.05, 4.69) is 14.6 Å². The fourth-order valence-corrected chi connectivity index (χ4v) is 3.98. The molecule has 29 heavy (non-hydrogen) atoms. The summed E-state index contributed by atoms with van der Waals surface area (Å²) in [5.74, 6) is 0.365. The van der Waals surface area contributed by atoms with Crippen molar-refractivity contribution in [3.8, 4) is 11.5 Å². The molecule has 4 rings (SSSR count). The van der Waals surface area contributed by atoms with Gasteiger partial charge in [-0.3, -0.25) is 4.98 Å². The highest BCUT2D eigenvalue weighted by atomic mass is 19.4. The van der Waals surface area contributed by atoms with Gasteiger partial charge in [0.25, 0.3) is 0 Å². The number of halogens is 3. The third kappa shape index (κ3) is 4.55. The number of aromatic nitrogens is 1. The van der Waals surface area contributed by atoms with E-state index in [1.165, 1.54) is 6.07 Å². The normalized spacial score (nSPS) is 15.6. The molecule has 2 heterocycles. The molecule has 4 nitrogen and oxygen atoms in total. The zero-order chi connectivity index (χ0) is 20.4. The highest BCUT2D eigenvalue weighted by molar-refractivity contribution is 5.92. The van der Waals surface area contributed by atoms with Gasteiger partial charge in [0.05, 0.1) is 5.52 Å². The lowest BCUT2D eigenvalue weighted by molar-refractivity contribution is -0.274. The summed E-state index contributed by atoms with van der Waals surface area (Å²) >= 11 is 0. The lowest BCUT2D eigenvalue weighted by Gasteiger charge is -2.34. The minimum absolute atomic E-state index is 0.109. The summed E-state index contributed by atoms with van der Waals surface area (Å²) in [5.41, 5.74) is 2.39. The van der Waals surface area contributed by atoms with Crippen LogP contribution in [0.15, 0.2) is 54.7 Å². The van der Waals surface area contributed by atoms with Crippen LogP contribution in [0, 0.1) is 5.92 Å². The number of hydrogen-bond donors (Lipinski definition) is 1. The molecule has 0 unspecified atom stereocenters. The van der Waals surface area contributed by atoms with Crippen molar-refractivity contribution < 1.29 is 23.0 Å². The maximum atomic E-state index is 12.6. The smallest absolute Gasteiger partial charge is 0.508 e. The van der Waals surface area contributed by atoms with E-state index in [1.54, 1.807) is 36.5 Å². The molecule has 1 fully saturated rings. The highest BCUT2D eigenvalue weighted by Gasteiger charge is 2.32. The van der Waals surface area contributed by atoms with Crippen molar-refractivity contribution in [3.05, 3.63) is 60.3 Å². The van der Waals surface area contributed by atoms with E-state index in [1.807, 2.05) is 12.1 Å². The van der Waals surface area contributed by atoms with E-state index < -0.39 is 6.36 Å². The van der Waals surface area contributed by atoms with Crippen LogP contribution in [-0.4, -0.2) is 29.5 Å². The number of rotatable bonds is 4. The molecule has 2 aromatic carbocycles. The van der Waals surface area contributed by atoms with Gasteiger partial charge in [0.1, 0.15) is 11.5 Å². The first-order valence-electron chi connectivity index (χ1n) is 9.55. The average molecular weight is 402 g/mol. The lowest BCUT2D eigenvalue weighted by Crippen LogP contribution is -2.34. The molecule has 0 spiro atoms. The molecule has 1 aromatic heterocycles. The fourth-order valence-electron chi connectivity index (χ4n) is 3.98. The van der Waals surface area contributed by atoms with E-state index >= 15 is 0 Å². The van der Waals surface area contributed by atoms with Gasteiger partial charge in [-0.05, 0) is 55.0 Å². The maximum Gasteiger partial charge on any atom is 0.573 e. The number of pyridine rings is 1. The number of phenols is 1. The Bertz CT molecular complexity index is 999. The van der Waals surface area contributed by atoms with Crippen LogP contribution in [0.5, 0.6) is 11.5 Å². The van der Waals surface area contributed by atoms with E-state index in [-0.39, 0.29) is 11.5 Å². The SMILES string of the molecule is Oc1ccc2c(N3CCC(Cc4ccccc4OC(F)(F)F)CC3)ccnc2c1. The Kier molecular flexibility index (Phi) is 5.22. The minimum atomic E-state index is -4.68. The van der Waals surface area contributed by atoms with Gasteiger partial charge in [-0.25, -0.2) is 0 Å². The third-order valence-electron chi connectivity index (χ3n) is 5.37. The molecule has 0 amide bonds. The number of para-hydroxylation sites is 1. The van der Waals surface area contributed by atoms with Crippen LogP contribution in [0.3, 0.4) is 0 Å². The van der Waals surface area contributed by atoms with Gasteiger partial charge in [-0.15, -0.1) is 13.2 Å². The van der Waals surface area contributed by atoms with Crippen LogP contribution >= 0.6 is 0 Å². The Morgan fingerprint density at radius 2 is 1.83 bits per heavy atom. The summed E-state index contributed by atoms with van der Waals surface area (Å²) in [6.07, 6.45) is -0.639. The van der Waals surface area contributed by atoms with Crippen LogP contribution < -0.4 is 9.64 Å². The number of ether oxygens (including phenoxy) is 1. The molecule has 152 valence electrons. The number of piperidine rings is 1. The molecule has 3 aromatic rings. The van der Waals surface area contributed by atoms with Gasteiger partial charge in [0, 0.05) is 36.4 Å². The standard InChI is InChI=1S/C22H21F3N2O2/c23-22(24,25)29-21-4-2-1-3-16(21)13-15-8-11-27(12-9-15)20-7-10-26-19-14-17(28)5-6-18(19)20/h1-7,10,14-15,28H,8-9,11-13H2. The predicted molar refractivity (Wildman–Crippen MR) is 105 cm³/mol. The number of fused-ring (bicyclic) bond motifs is 1. The zero-order valence-corrected chi connectivity index (χ0v) is 15.7. The molecular weight excluding hydrogens is 381 g/mol. The van der Waals surface area contributed by atoms with Gasteiger partial charge in [0.2, 0.25) is 0 Å². The van der Waals surface area contributed by atoms with Crippen molar-refractivity contribution in [1.29, 1.82) is 0 Å². The Morgan fingerprint density at radius 1 is 1.07 bits per heavy atom. The predicted octanol–water partition coefficient (Wildman–Crippen LogP) is 5.30. The Morgan fingerprint density at radius 3 is 2.59 bits per heavy atom. The quantitative estimate of drug-likeness (QED) is 0.643. The van der Waals surface area contributed by atoms with Crippen molar-refractivity contribution in [2.24, 2.45) is 5.92 Å². The second-order valence-corrected chi connectivity index (χ2v) is 7.32.